The summed E-state index contributed by atoms with van der Waals surface area (Å²) in [5, 5.41) is 0. The first-order valence-corrected chi connectivity index (χ1v) is 12.5. The van der Waals surface area contributed by atoms with Crippen LogP contribution < -0.4 is 0 Å². The molecule has 1 aliphatic heterocycles. The predicted octanol–water partition coefficient (Wildman–Crippen LogP) is 7.94. The van der Waals surface area contributed by atoms with Gasteiger partial charge in [-0.05, 0) is 93.8 Å². The Labute approximate surface area is 169 Å². The monoisotopic (exact) mass is 374 g/mol. The van der Waals surface area contributed by atoms with Crippen molar-refractivity contribution in [3.05, 3.63) is 12.7 Å². The van der Waals surface area contributed by atoms with Crippen molar-refractivity contribution in [2.24, 2.45) is 29.6 Å². The molecule has 0 radical (unpaired) electrons. The van der Waals surface area contributed by atoms with Crippen LogP contribution in [0.2, 0.25) is 0 Å². The quantitative estimate of drug-likeness (QED) is 0.294. The van der Waals surface area contributed by atoms with Crippen LogP contribution in [-0.4, -0.2) is 12.7 Å². The molecule has 2 saturated carbocycles. The highest BCUT2D eigenvalue weighted by atomic mass is 16.5. The van der Waals surface area contributed by atoms with Gasteiger partial charge >= 0.3 is 0 Å². The molecule has 0 amide bonds. The normalized spacial score (nSPS) is 37.8. The number of hydrogen-bond acceptors (Lipinski definition) is 1. The smallest absolute Gasteiger partial charge is 0.0575 e. The summed E-state index contributed by atoms with van der Waals surface area (Å²) >= 11 is 0. The van der Waals surface area contributed by atoms with Crippen LogP contribution in [0, 0.1) is 29.6 Å². The topological polar surface area (TPSA) is 9.23 Å². The summed E-state index contributed by atoms with van der Waals surface area (Å²) in [6, 6.07) is 0. The minimum Gasteiger partial charge on any atom is -0.378 e. The highest BCUT2D eigenvalue weighted by Gasteiger charge is 2.31. The zero-order valence-electron chi connectivity index (χ0n) is 18.2. The highest BCUT2D eigenvalue weighted by Crippen LogP contribution is 2.40. The Morgan fingerprint density at radius 2 is 1.41 bits per heavy atom. The standard InChI is InChI=1S/C26H46O/c1-3-5-6-7-22-12-15-24(16-13-22)25-17-19-26(27-20-25)18-14-23-10-8-21(4-2)9-11-23/h4,21-26H,2-3,5-20H2,1H3. The molecule has 1 heteroatoms. The SMILES string of the molecule is C=CC1CCC(CCC2CCC(C3CCC(CCCCC)CC3)CO2)CC1. The Balaban J connectivity index is 1.27. The molecule has 0 bridgehead atoms. The lowest BCUT2D eigenvalue weighted by atomic mass is 9.72. The zero-order valence-corrected chi connectivity index (χ0v) is 18.2. The van der Waals surface area contributed by atoms with Crippen LogP contribution in [0.15, 0.2) is 12.7 Å². The number of hydrogen-bond donors (Lipinski definition) is 0. The maximum absolute atomic E-state index is 6.37. The minimum atomic E-state index is 0.573. The Hall–Kier alpha value is -0.300. The van der Waals surface area contributed by atoms with Crippen molar-refractivity contribution >= 4 is 0 Å². The summed E-state index contributed by atoms with van der Waals surface area (Å²) in [5.74, 6) is 4.66. The van der Waals surface area contributed by atoms with E-state index in [0.717, 1.165) is 36.2 Å². The van der Waals surface area contributed by atoms with Gasteiger partial charge in [0.05, 0.1) is 12.7 Å². The second kappa shape index (κ2) is 11.6. The largest absolute Gasteiger partial charge is 0.378 e. The van der Waals surface area contributed by atoms with Crippen LogP contribution in [0.3, 0.4) is 0 Å². The Morgan fingerprint density at radius 1 is 0.741 bits per heavy atom. The average molecular weight is 375 g/mol. The van der Waals surface area contributed by atoms with Gasteiger partial charge in [-0.25, -0.2) is 0 Å². The fourth-order valence-corrected chi connectivity index (χ4v) is 6.19. The van der Waals surface area contributed by atoms with Crippen molar-refractivity contribution < 1.29 is 4.74 Å². The fraction of sp³-hybridized carbons (Fsp3) is 0.923. The van der Waals surface area contributed by atoms with Crippen LogP contribution in [0.5, 0.6) is 0 Å². The second-order valence-electron chi connectivity index (χ2n) is 10.2. The molecule has 2 unspecified atom stereocenters. The van der Waals surface area contributed by atoms with Gasteiger partial charge in [-0.15, -0.1) is 6.58 Å². The molecule has 156 valence electrons. The van der Waals surface area contributed by atoms with E-state index in [4.69, 9.17) is 4.74 Å². The molecular formula is C26H46O. The van der Waals surface area contributed by atoms with E-state index < -0.39 is 0 Å². The first-order valence-electron chi connectivity index (χ1n) is 12.5. The van der Waals surface area contributed by atoms with Crippen molar-refractivity contribution in [2.45, 2.75) is 116 Å². The molecule has 3 fully saturated rings. The van der Waals surface area contributed by atoms with Gasteiger partial charge in [-0.2, -0.15) is 0 Å². The Bertz CT molecular complexity index is 392. The van der Waals surface area contributed by atoms with Gasteiger partial charge in [0.1, 0.15) is 0 Å². The van der Waals surface area contributed by atoms with Gasteiger partial charge in [0.2, 0.25) is 0 Å². The van der Waals surface area contributed by atoms with Gasteiger partial charge in [0.15, 0.2) is 0 Å². The van der Waals surface area contributed by atoms with Crippen LogP contribution in [0.1, 0.15) is 110 Å². The molecule has 0 spiro atoms. The summed E-state index contributed by atoms with van der Waals surface area (Å²) in [4.78, 5) is 0. The number of rotatable bonds is 9. The van der Waals surface area contributed by atoms with E-state index in [1.807, 2.05) is 0 Å². The van der Waals surface area contributed by atoms with Crippen molar-refractivity contribution in [1.29, 1.82) is 0 Å². The van der Waals surface area contributed by atoms with Crippen molar-refractivity contribution in [3.8, 4) is 0 Å². The summed E-state index contributed by atoms with van der Waals surface area (Å²) in [6.07, 6.45) is 25.6. The fourth-order valence-electron chi connectivity index (χ4n) is 6.19. The number of ether oxygens (including phenoxy) is 1. The summed E-state index contributed by atoms with van der Waals surface area (Å²) in [5.41, 5.74) is 0. The van der Waals surface area contributed by atoms with E-state index in [-0.39, 0.29) is 0 Å². The van der Waals surface area contributed by atoms with Gasteiger partial charge in [0.25, 0.3) is 0 Å². The molecular weight excluding hydrogens is 328 g/mol. The average Bonchev–Trinajstić information content (AvgIpc) is 2.74. The lowest BCUT2D eigenvalue weighted by molar-refractivity contribution is -0.0448. The summed E-state index contributed by atoms with van der Waals surface area (Å²) < 4.78 is 6.37. The Kier molecular flexibility index (Phi) is 9.23. The third-order valence-corrected chi connectivity index (χ3v) is 8.30. The van der Waals surface area contributed by atoms with E-state index >= 15 is 0 Å². The Morgan fingerprint density at radius 3 is 2.04 bits per heavy atom. The molecule has 1 saturated heterocycles. The molecule has 3 aliphatic rings. The van der Waals surface area contributed by atoms with Gasteiger partial charge < -0.3 is 4.74 Å². The van der Waals surface area contributed by atoms with E-state index in [1.54, 1.807) is 0 Å². The molecule has 1 heterocycles. The van der Waals surface area contributed by atoms with E-state index in [2.05, 4.69) is 19.6 Å². The molecule has 2 aliphatic carbocycles. The summed E-state index contributed by atoms with van der Waals surface area (Å²) in [7, 11) is 0. The zero-order chi connectivity index (χ0) is 18.9. The first-order chi connectivity index (χ1) is 13.3. The van der Waals surface area contributed by atoms with Crippen molar-refractivity contribution in [1.82, 2.24) is 0 Å². The van der Waals surface area contributed by atoms with E-state index in [0.29, 0.717) is 6.10 Å². The molecule has 3 rings (SSSR count). The van der Waals surface area contributed by atoms with Gasteiger partial charge in [-0.1, -0.05) is 51.5 Å². The predicted molar refractivity (Wildman–Crippen MR) is 117 cm³/mol. The molecule has 0 aromatic heterocycles. The van der Waals surface area contributed by atoms with Crippen LogP contribution in [-0.2, 0) is 4.74 Å². The van der Waals surface area contributed by atoms with E-state index in [1.165, 1.54) is 103 Å². The lowest BCUT2D eigenvalue weighted by Crippen LogP contribution is -2.32. The van der Waals surface area contributed by atoms with Crippen LogP contribution in [0.4, 0.5) is 0 Å². The molecule has 27 heavy (non-hydrogen) atoms. The van der Waals surface area contributed by atoms with Crippen LogP contribution in [0.25, 0.3) is 0 Å². The minimum absolute atomic E-state index is 0.573. The summed E-state index contributed by atoms with van der Waals surface area (Å²) in [6.45, 7) is 7.36. The molecule has 0 N–H and O–H groups in total. The number of allylic oxidation sites excluding steroid dienone is 1. The van der Waals surface area contributed by atoms with E-state index in [9.17, 15) is 0 Å². The van der Waals surface area contributed by atoms with Crippen molar-refractivity contribution in [3.63, 3.8) is 0 Å². The lowest BCUT2D eigenvalue weighted by Gasteiger charge is -2.38. The number of unbranched alkanes of at least 4 members (excludes halogenated alkanes) is 2. The third-order valence-electron chi connectivity index (χ3n) is 8.30. The van der Waals surface area contributed by atoms with Crippen molar-refractivity contribution in [2.75, 3.05) is 6.61 Å². The van der Waals surface area contributed by atoms with Crippen LogP contribution >= 0.6 is 0 Å². The van der Waals surface area contributed by atoms with Gasteiger partial charge in [-0.3, -0.25) is 0 Å². The molecule has 0 aromatic carbocycles. The van der Waals surface area contributed by atoms with Gasteiger partial charge in [0, 0.05) is 0 Å². The second-order valence-corrected chi connectivity index (χ2v) is 10.2. The third kappa shape index (κ3) is 6.91. The molecule has 2 atom stereocenters. The first kappa shape index (κ1) is 21.4. The highest BCUT2D eigenvalue weighted by molar-refractivity contribution is 4.85. The maximum Gasteiger partial charge on any atom is 0.0575 e. The maximum atomic E-state index is 6.37. The molecule has 1 nitrogen and oxygen atoms in total. The molecule has 0 aromatic rings.